The number of aryl methyl sites for hydroxylation is 2. The van der Waals surface area contributed by atoms with E-state index in [0.29, 0.717) is 22.7 Å². The van der Waals surface area contributed by atoms with Crippen molar-refractivity contribution in [1.82, 2.24) is 5.32 Å². The van der Waals surface area contributed by atoms with Crippen LogP contribution in [0.25, 0.3) is 6.08 Å². The number of hydrogen-bond donors (Lipinski definition) is 1. The van der Waals surface area contributed by atoms with Gasteiger partial charge in [-0.2, -0.15) is 0 Å². The van der Waals surface area contributed by atoms with Gasteiger partial charge in [0.1, 0.15) is 24.5 Å². The topological polar surface area (TPSA) is 94.2 Å². The van der Waals surface area contributed by atoms with Gasteiger partial charge in [-0.25, -0.2) is 9.69 Å². The molecule has 0 bridgehead atoms. The fourth-order valence-corrected chi connectivity index (χ4v) is 4.47. The lowest BCUT2D eigenvalue weighted by Crippen LogP contribution is -2.54. The van der Waals surface area contributed by atoms with Crippen LogP contribution in [0.3, 0.4) is 0 Å². The predicted octanol–water partition coefficient (Wildman–Crippen LogP) is 5.85. The Hall–Kier alpha value is -3.82. The molecule has 0 aliphatic carbocycles. The van der Waals surface area contributed by atoms with E-state index < -0.39 is 17.8 Å². The molecule has 3 aromatic rings. The molecular weight excluding hydrogens is 576 g/mol. The Morgan fingerprint density at radius 3 is 2.26 bits per heavy atom. The molecule has 4 amide bonds. The summed E-state index contributed by atoms with van der Waals surface area (Å²) in [6, 6.07) is 14.8. The minimum atomic E-state index is -0.832. The van der Waals surface area contributed by atoms with Crippen LogP contribution in [0.2, 0.25) is 5.02 Å². The van der Waals surface area contributed by atoms with Crippen LogP contribution in [0.5, 0.6) is 17.2 Å². The normalized spacial score (nSPS) is 14.5. The summed E-state index contributed by atoms with van der Waals surface area (Å²) in [4.78, 5) is 39.0. The molecule has 1 N–H and O–H groups in total. The molecule has 0 radical (unpaired) electrons. The molecule has 1 fully saturated rings. The second kappa shape index (κ2) is 11.7. The summed E-state index contributed by atoms with van der Waals surface area (Å²) in [6.45, 7) is 4.48. The summed E-state index contributed by atoms with van der Waals surface area (Å²) < 4.78 is 17.8. The highest BCUT2D eigenvalue weighted by Crippen LogP contribution is 2.37. The quantitative estimate of drug-likeness (QED) is 0.198. The van der Waals surface area contributed by atoms with E-state index in [9.17, 15) is 14.4 Å². The number of carbonyl (C=O) groups excluding carboxylic acids is 3. The highest BCUT2D eigenvalue weighted by molar-refractivity contribution is 9.10. The van der Waals surface area contributed by atoms with Crippen LogP contribution in [-0.4, -0.2) is 38.2 Å². The number of nitrogens with one attached hydrogen (secondary N) is 1. The van der Waals surface area contributed by atoms with Gasteiger partial charge in [0, 0.05) is 4.47 Å². The fraction of sp³-hybridized carbons (Fsp3) is 0.179. The lowest BCUT2D eigenvalue weighted by atomic mass is 10.1. The van der Waals surface area contributed by atoms with Crippen LogP contribution < -0.4 is 24.4 Å². The van der Waals surface area contributed by atoms with Crippen LogP contribution in [-0.2, 0) is 9.59 Å². The van der Waals surface area contributed by atoms with Gasteiger partial charge in [-0.05, 0) is 85.1 Å². The van der Waals surface area contributed by atoms with Crippen molar-refractivity contribution in [1.29, 1.82) is 0 Å². The maximum Gasteiger partial charge on any atom is 0.335 e. The Kier molecular flexibility index (Phi) is 8.38. The number of methoxy groups -OCH3 is 1. The molecule has 10 heteroatoms. The molecule has 38 heavy (non-hydrogen) atoms. The van der Waals surface area contributed by atoms with Crippen LogP contribution in [0.4, 0.5) is 10.5 Å². The third kappa shape index (κ3) is 6.17. The van der Waals surface area contributed by atoms with Crippen LogP contribution in [0.15, 0.2) is 64.6 Å². The van der Waals surface area contributed by atoms with E-state index in [4.69, 9.17) is 25.8 Å². The van der Waals surface area contributed by atoms with E-state index in [1.807, 2.05) is 26.0 Å². The van der Waals surface area contributed by atoms with Gasteiger partial charge in [0.25, 0.3) is 11.8 Å². The zero-order valence-corrected chi connectivity index (χ0v) is 23.2. The Morgan fingerprint density at radius 1 is 0.947 bits per heavy atom. The highest BCUT2D eigenvalue weighted by Gasteiger charge is 2.36. The van der Waals surface area contributed by atoms with Crippen molar-refractivity contribution in [3.05, 3.63) is 86.4 Å². The summed E-state index contributed by atoms with van der Waals surface area (Å²) in [5.74, 6) is -0.226. The van der Waals surface area contributed by atoms with Crippen molar-refractivity contribution in [2.75, 3.05) is 25.2 Å². The monoisotopic (exact) mass is 598 g/mol. The van der Waals surface area contributed by atoms with Gasteiger partial charge in [0.2, 0.25) is 0 Å². The van der Waals surface area contributed by atoms with E-state index >= 15 is 0 Å². The molecule has 0 atom stereocenters. The molecule has 0 unspecified atom stereocenters. The molecular formula is C28H24BrClN2O6. The van der Waals surface area contributed by atoms with Gasteiger partial charge in [0.15, 0.2) is 11.5 Å². The summed E-state index contributed by atoms with van der Waals surface area (Å²) >= 11 is 9.79. The first kappa shape index (κ1) is 27.2. The molecule has 3 aromatic carbocycles. The Morgan fingerprint density at radius 2 is 1.61 bits per heavy atom. The number of ether oxygens (including phenoxy) is 3. The number of rotatable bonds is 8. The molecule has 0 spiro atoms. The molecule has 196 valence electrons. The average Bonchev–Trinajstić information content (AvgIpc) is 2.85. The van der Waals surface area contributed by atoms with Crippen molar-refractivity contribution in [2.45, 2.75) is 13.8 Å². The SMILES string of the molecule is COc1cc(C=C2C(=O)NC(=O)N(c3ccc(Br)cc3)C2=O)cc(Cl)c1OCCOc1cc(C)cc(C)c1. The predicted molar refractivity (Wildman–Crippen MR) is 148 cm³/mol. The van der Waals surface area contributed by atoms with Crippen LogP contribution in [0.1, 0.15) is 16.7 Å². The number of benzene rings is 3. The Balaban J connectivity index is 1.52. The first-order valence-corrected chi connectivity index (χ1v) is 12.7. The minimum absolute atomic E-state index is 0.203. The minimum Gasteiger partial charge on any atom is -0.493 e. The van der Waals surface area contributed by atoms with Crippen molar-refractivity contribution < 1.29 is 28.6 Å². The number of nitrogens with zero attached hydrogens (tertiary/aromatic N) is 1. The first-order chi connectivity index (χ1) is 18.2. The molecule has 0 saturated carbocycles. The Bertz CT molecular complexity index is 1420. The number of carbonyl (C=O) groups is 3. The van der Waals surface area contributed by atoms with Gasteiger partial charge < -0.3 is 14.2 Å². The zero-order valence-electron chi connectivity index (χ0n) is 20.8. The van der Waals surface area contributed by atoms with Crippen LogP contribution in [0, 0.1) is 13.8 Å². The smallest absolute Gasteiger partial charge is 0.335 e. The average molecular weight is 600 g/mol. The van der Waals surface area contributed by atoms with Gasteiger partial charge in [-0.1, -0.05) is 33.6 Å². The van der Waals surface area contributed by atoms with Crippen molar-refractivity contribution in [2.24, 2.45) is 0 Å². The van der Waals surface area contributed by atoms with Crippen molar-refractivity contribution in [3.63, 3.8) is 0 Å². The van der Waals surface area contributed by atoms with E-state index in [1.54, 1.807) is 30.3 Å². The molecule has 0 aromatic heterocycles. The summed E-state index contributed by atoms with van der Waals surface area (Å²) in [5.41, 5.74) is 2.70. The Labute approximate surface area is 233 Å². The first-order valence-electron chi connectivity index (χ1n) is 11.5. The van der Waals surface area contributed by atoms with Crippen molar-refractivity contribution in [3.8, 4) is 17.2 Å². The largest absolute Gasteiger partial charge is 0.493 e. The zero-order chi connectivity index (χ0) is 27.4. The third-order valence-electron chi connectivity index (χ3n) is 5.54. The number of amides is 4. The maximum atomic E-state index is 13.1. The number of anilines is 1. The van der Waals surface area contributed by atoms with Gasteiger partial charge in [0.05, 0.1) is 17.8 Å². The molecule has 1 heterocycles. The molecule has 1 aliphatic heterocycles. The second-order valence-electron chi connectivity index (χ2n) is 8.49. The van der Waals surface area contributed by atoms with Gasteiger partial charge in [-0.3, -0.25) is 14.9 Å². The lowest BCUT2D eigenvalue weighted by molar-refractivity contribution is -0.122. The summed E-state index contributed by atoms with van der Waals surface area (Å²) in [6.07, 6.45) is 1.34. The second-order valence-corrected chi connectivity index (χ2v) is 9.81. The summed E-state index contributed by atoms with van der Waals surface area (Å²) in [7, 11) is 1.45. The van der Waals surface area contributed by atoms with Gasteiger partial charge in [-0.15, -0.1) is 0 Å². The third-order valence-corrected chi connectivity index (χ3v) is 6.35. The standard InChI is InChI=1S/C28H24BrClN2O6/c1-16-10-17(2)12-21(11-16)37-8-9-38-25-23(30)14-18(15-24(25)36-3)13-22-26(33)31-28(35)32(27(22)34)20-6-4-19(29)5-7-20/h4-7,10-15H,8-9H2,1-3H3,(H,31,33,35). The number of halogens is 2. The van der Waals surface area contributed by atoms with E-state index in [0.717, 1.165) is 26.2 Å². The molecule has 8 nitrogen and oxygen atoms in total. The van der Waals surface area contributed by atoms with Crippen molar-refractivity contribution >= 4 is 57.1 Å². The number of barbiturate groups is 1. The summed E-state index contributed by atoms with van der Waals surface area (Å²) in [5, 5.41) is 2.41. The van der Waals surface area contributed by atoms with Crippen LogP contribution >= 0.6 is 27.5 Å². The molecule has 1 aliphatic rings. The maximum absolute atomic E-state index is 13.1. The van der Waals surface area contributed by atoms with Gasteiger partial charge >= 0.3 is 6.03 Å². The number of hydrogen-bond acceptors (Lipinski definition) is 6. The fourth-order valence-electron chi connectivity index (χ4n) is 3.93. The number of urea groups is 1. The van der Waals surface area contributed by atoms with E-state index in [1.165, 1.54) is 19.3 Å². The number of imide groups is 2. The molecule has 1 saturated heterocycles. The molecule has 4 rings (SSSR count). The lowest BCUT2D eigenvalue weighted by Gasteiger charge is -2.26. The van der Waals surface area contributed by atoms with E-state index in [-0.39, 0.29) is 23.8 Å². The highest BCUT2D eigenvalue weighted by atomic mass is 79.9. The van der Waals surface area contributed by atoms with E-state index in [2.05, 4.69) is 27.3 Å².